The van der Waals surface area contributed by atoms with E-state index in [-0.39, 0.29) is 5.69 Å². The first kappa shape index (κ1) is 9.27. The minimum atomic E-state index is 0.0558. The van der Waals surface area contributed by atoms with E-state index >= 15 is 0 Å². The lowest BCUT2D eigenvalue weighted by Crippen LogP contribution is -2.22. The Labute approximate surface area is 86.2 Å². The number of nitrogens with zero attached hydrogens (tertiary/aromatic N) is 2. The topological polar surface area (TPSA) is 26.9 Å². The van der Waals surface area contributed by atoms with Crippen LogP contribution in [0.15, 0.2) is 34.0 Å². The Morgan fingerprint density at radius 3 is 2.86 bits per heavy atom. The predicted molar refractivity (Wildman–Crippen MR) is 57.7 cm³/mol. The van der Waals surface area contributed by atoms with Gasteiger partial charge in [-0.15, -0.1) is 0 Å². The average molecular weight is 208 g/mol. The summed E-state index contributed by atoms with van der Waals surface area (Å²) in [5, 5.41) is 4.18. The molecule has 0 unspecified atom stereocenters. The molecule has 0 aromatic carbocycles. The van der Waals surface area contributed by atoms with Crippen molar-refractivity contribution in [1.29, 1.82) is 0 Å². The smallest absolute Gasteiger partial charge is 0.302 e. The van der Waals surface area contributed by atoms with Crippen molar-refractivity contribution in [3.8, 4) is 0 Å². The third-order valence-electron chi connectivity index (χ3n) is 2.24. The second kappa shape index (κ2) is 3.84. The van der Waals surface area contributed by atoms with Gasteiger partial charge in [0.15, 0.2) is 0 Å². The van der Waals surface area contributed by atoms with Crippen molar-refractivity contribution in [2.24, 2.45) is 7.05 Å². The fourth-order valence-electron chi connectivity index (χ4n) is 1.37. The fraction of sp³-hybridized carbons (Fsp3) is 0.300. The van der Waals surface area contributed by atoms with Gasteiger partial charge in [0.05, 0.1) is 0 Å². The van der Waals surface area contributed by atoms with Crippen molar-refractivity contribution < 1.29 is 0 Å². The number of hydrogen-bond donors (Lipinski definition) is 0. The number of hydrogen-bond acceptors (Lipinski definition) is 2. The van der Waals surface area contributed by atoms with Gasteiger partial charge in [-0.3, -0.25) is 4.57 Å². The second-order valence-electron chi connectivity index (χ2n) is 3.27. The number of aryl methyl sites for hydroxylation is 3. The van der Waals surface area contributed by atoms with E-state index in [0.717, 1.165) is 13.0 Å². The summed E-state index contributed by atoms with van der Waals surface area (Å²) in [6, 6.07) is 2.10. The zero-order valence-corrected chi connectivity index (χ0v) is 8.83. The summed E-state index contributed by atoms with van der Waals surface area (Å²) in [5.74, 6) is 0. The molecule has 0 saturated heterocycles. The fourth-order valence-corrected chi connectivity index (χ4v) is 2.07. The molecule has 0 aliphatic rings. The van der Waals surface area contributed by atoms with E-state index in [1.165, 1.54) is 5.56 Å². The molecule has 3 nitrogen and oxygen atoms in total. The Hall–Kier alpha value is -1.29. The minimum Gasteiger partial charge on any atom is -0.302 e. The van der Waals surface area contributed by atoms with Crippen LogP contribution in [-0.2, 0) is 20.0 Å². The van der Waals surface area contributed by atoms with Gasteiger partial charge in [0, 0.05) is 26.0 Å². The number of rotatable bonds is 3. The van der Waals surface area contributed by atoms with Gasteiger partial charge in [-0.05, 0) is 28.8 Å². The van der Waals surface area contributed by atoms with E-state index in [1.807, 2.05) is 6.20 Å². The zero-order chi connectivity index (χ0) is 9.97. The molecule has 2 aromatic heterocycles. The summed E-state index contributed by atoms with van der Waals surface area (Å²) < 4.78 is 3.32. The third kappa shape index (κ3) is 1.80. The normalized spacial score (nSPS) is 10.6. The highest BCUT2D eigenvalue weighted by atomic mass is 32.1. The Balaban J connectivity index is 2.06. The standard InChI is InChI=1S/C10H12N2OS/c1-11-5-6-12(10(11)13)4-2-9-3-7-14-8-9/h3,5-8H,2,4H2,1H3. The SMILES string of the molecule is Cn1ccn(CCc2ccsc2)c1=O. The molecule has 0 saturated carbocycles. The van der Waals surface area contributed by atoms with Crippen LogP contribution < -0.4 is 5.69 Å². The number of imidazole rings is 1. The highest BCUT2D eigenvalue weighted by molar-refractivity contribution is 7.07. The van der Waals surface area contributed by atoms with Crippen molar-refractivity contribution in [2.45, 2.75) is 13.0 Å². The molecule has 0 aliphatic heterocycles. The summed E-state index contributed by atoms with van der Waals surface area (Å²) in [4.78, 5) is 11.5. The van der Waals surface area contributed by atoms with Crippen LogP contribution >= 0.6 is 11.3 Å². The first-order valence-electron chi connectivity index (χ1n) is 4.50. The van der Waals surface area contributed by atoms with E-state index in [4.69, 9.17) is 0 Å². The maximum Gasteiger partial charge on any atom is 0.327 e. The van der Waals surface area contributed by atoms with Crippen LogP contribution in [0.2, 0.25) is 0 Å². The third-order valence-corrected chi connectivity index (χ3v) is 2.97. The van der Waals surface area contributed by atoms with Crippen LogP contribution in [0, 0.1) is 0 Å². The molecule has 0 bridgehead atoms. The van der Waals surface area contributed by atoms with Gasteiger partial charge in [-0.2, -0.15) is 11.3 Å². The summed E-state index contributed by atoms with van der Waals surface area (Å²) >= 11 is 1.69. The molecule has 0 aliphatic carbocycles. The van der Waals surface area contributed by atoms with Crippen LogP contribution in [0.4, 0.5) is 0 Å². The van der Waals surface area contributed by atoms with Crippen molar-refractivity contribution in [3.63, 3.8) is 0 Å². The summed E-state index contributed by atoms with van der Waals surface area (Å²) in [5.41, 5.74) is 1.35. The molecule has 0 fully saturated rings. The molecule has 0 amide bonds. The Morgan fingerprint density at radius 2 is 2.29 bits per heavy atom. The second-order valence-corrected chi connectivity index (χ2v) is 4.05. The Kier molecular flexibility index (Phi) is 2.54. The molecule has 0 spiro atoms. The van der Waals surface area contributed by atoms with Gasteiger partial charge in [-0.1, -0.05) is 0 Å². The molecule has 2 aromatic rings. The number of aromatic nitrogens is 2. The summed E-state index contributed by atoms with van der Waals surface area (Å²) in [7, 11) is 1.77. The summed E-state index contributed by atoms with van der Waals surface area (Å²) in [6.45, 7) is 0.760. The van der Waals surface area contributed by atoms with Crippen LogP contribution in [0.5, 0.6) is 0 Å². The maximum absolute atomic E-state index is 11.5. The molecular weight excluding hydrogens is 196 g/mol. The maximum atomic E-state index is 11.5. The van der Waals surface area contributed by atoms with Crippen LogP contribution in [0.3, 0.4) is 0 Å². The summed E-state index contributed by atoms with van der Waals surface area (Å²) in [6.07, 6.45) is 4.54. The highest BCUT2D eigenvalue weighted by Gasteiger charge is 1.99. The molecule has 14 heavy (non-hydrogen) atoms. The molecular formula is C10H12N2OS. The predicted octanol–water partition coefficient (Wildman–Crippen LogP) is 1.49. The van der Waals surface area contributed by atoms with Crippen molar-refractivity contribution in [1.82, 2.24) is 9.13 Å². The van der Waals surface area contributed by atoms with Crippen LogP contribution in [0.1, 0.15) is 5.56 Å². The van der Waals surface area contributed by atoms with Crippen molar-refractivity contribution in [3.05, 3.63) is 45.3 Å². The minimum absolute atomic E-state index is 0.0558. The molecule has 2 rings (SSSR count). The lowest BCUT2D eigenvalue weighted by atomic mass is 10.2. The average Bonchev–Trinajstić information content (AvgIpc) is 2.77. The van der Waals surface area contributed by atoms with Crippen LogP contribution in [0.25, 0.3) is 0 Å². The lowest BCUT2D eigenvalue weighted by molar-refractivity contribution is 0.650. The van der Waals surface area contributed by atoms with E-state index in [9.17, 15) is 4.79 Å². The van der Waals surface area contributed by atoms with Gasteiger partial charge in [-0.25, -0.2) is 4.79 Å². The van der Waals surface area contributed by atoms with Gasteiger partial charge >= 0.3 is 5.69 Å². The Bertz CT molecular complexity index is 453. The van der Waals surface area contributed by atoms with Gasteiger partial charge < -0.3 is 4.57 Å². The molecule has 4 heteroatoms. The van der Waals surface area contributed by atoms with E-state index in [2.05, 4.69) is 16.8 Å². The molecule has 74 valence electrons. The van der Waals surface area contributed by atoms with Gasteiger partial charge in [0.2, 0.25) is 0 Å². The van der Waals surface area contributed by atoms with Crippen LogP contribution in [-0.4, -0.2) is 9.13 Å². The monoisotopic (exact) mass is 208 g/mol. The molecule has 0 atom stereocenters. The molecule has 0 radical (unpaired) electrons. The highest BCUT2D eigenvalue weighted by Crippen LogP contribution is 2.06. The largest absolute Gasteiger partial charge is 0.327 e. The number of thiophene rings is 1. The lowest BCUT2D eigenvalue weighted by Gasteiger charge is -1.98. The first-order chi connectivity index (χ1) is 6.77. The zero-order valence-electron chi connectivity index (χ0n) is 8.01. The van der Waals surface area contributed by atoms with E-state index < -0.39 is 0 Å². The quantitative estimate of drug-likeness (QED) is 0.750. The van der Waals surface area contributed by atoms with Crippen molar-refractivity contribution in [2.75, 3.05) is 0 Å². The first-order valence-corrected chi connectivity index (χ1v) is 5.44. The molecule has 2 heterocycles. The van der Waals surface area contributed by atoms with E-state index in [1.54, 1.807) is 33.7 Å². The van der Waals surface area contributed by atoms with E-state index in [0.29, 0.717) is 0 Å². The van der Waals surface area contributed by atoms with Gasteiger partial charge in [0.25, 0.3) is 0 Å². The molecule has 0 N–H and O–H groups in total. The Morgan fingerprint density at radius 1 is 1.43 bits per heavy atom. The van der Waals surface area contributed by atoms with Crippen molar-refractivity contribution >= 4 is 11.3 Å². The van der Waals surface area contributed by atoms with Gasteiger partial charge in [0.1, 0.15) is 0 Å².